The van der Waals surface area contributed by atoms with Gasteiger partial charge in [-0.15, -0.1) is 0 Å². The average molecular weight is 367 g/mol. The Morgan fingerprint density at radius 3 is 1.96 bits per heavy atom. The maximum absolute atomic E-state index is 11.6. The van der Waals surface area contributed by atoms with Gasteiger partial charge in [0.2, 0.25) is 0 Å². The molecule has 26 heavy (non-hydrogen) atoms. The zero-order valence-electron chi connectivity index (χ0n) is 17.7. The zero-order valence-corrected chi connectivity index (χ0v) is 17.7. The second kappa shape index (κ2) is 8.58. The molecule has 0 bridgehead atoms. The lowest BCUT2D eigenvalue weighted by Gasteiger charge is -2.47. The summed E-state index contributed by atoms with van der Waals surface area (Å²) in [7, 11) is 0. The molecule has 0 radical (unpaired) electrons. The van der Waals surface area contributed by atoms with Crippen molar-refractivity contribution in [1.82, 2.24) is 0 Å². The Balaban J connectivity index is 0.000000273. The minimum Gasteiger partial charge on any atom is -0.481 e. The van der Waals surface area contributed by atoms with Gasteiger partial charge in [0.15, 0.2) is 0 Å². The minimum absolute atomic E-state index is 0.126. The average Bonchev–Trinajstić information content (AvgIpc) is 2.51. The van der Waals surface area contributed by atoms with Crippen molar-refractivity contribution in [2.45, 2.75) is 87.0 Å². The van der Waals surface area contributed by atoms with Crippen molar-refractivity contribution >= 4 is 11.9 Å². The normalized spacial score (nSPS) is 32.5. The van der Waals surface area contributed by atoms with Gasteiger partial charge in [-0.1, -0.05) is 45.8 Å². The van der Waals surface area contributed by atoms with Crippen LogP contribution in [0, 0.1) is 28.6 Å². The number of aliphatic carboxylic acids is 2. The van der Waals surface area contributed by atoms with Gasteiger partial charge in [-0.25, -0.2) is 0 Å². The first kappa shape index (κ1) is 22.7. The summed E-state index contributed by atoms with van der Waals surface area (Å²) in [4.78, 5) is 22.2. The molecule has 0 saturated heterocycles. The number of hydrogen-bond donors (Lipinski definition) is 2. The number of rotatable bonds is 2. The lowest BCUT2D eigenvalue weighted by atomic mass is 9.55. The highest BCUT2D eigenvalue weighted by molar-refractivity contribution is 5.76. The van der Waals surface area contributed by atoms with E-state index in [0.717, 1.165) is 38.5 Å². The van der Waals surface area contributed by atoms with Crippen LogP contribution in [0.15, 0.2) is 11.1 Å². The van der Waals surface area contributed by atoms with Crippen LogP contribution >= 0.6 is 0 Å². The van der Waals surface area contributed by atoms with Gasteiger partial charge in [0, 0.05) is 0 Å². The van der Waals surface area contributed by atoms with Crippen LogP contribution in [0.5, 0.6) is 0 Å². The highest BCUT2D eigenvalue weighted by Gasteiger charge is 2.51. The van der Waals surface area contributed by atoms with Crippen molar-refractivity contribution in [2.24, 2.45) is 28.6 Å². The third-order valence-corrected chi connectivity index (χ3v) is 7.01. The second-order valence-corrected chi connectivity index (χ2v) is 9.67. The van der Waals surface area contributed by atoms with Gasteiger partial charge >= 0.3 is 11.9 Å². The summed E-state index contributed by atoms with van der Waals surface area (Å²) in [5.41, 5.74) is 1.98. The summed E-state index contributed by atoms with van der Waals surface area (Å²) in [5.74, 6) is -0.182. The Labute approximate surface area is 159 Å². The summed E-state index contributed by atoms with van der Waals surface area (Å²) >= 11 is 0. The van der Waals surface area contributed by atoms with E-state index in [0.29, 0.717) is 11.8 Å². The molecule has 0 heterocycles. The van der Waals surface area contributed by atoms with Crippen LogP contribution in [-0.2, 0) is 9.59 Å². The maximum Gasteiger partial charge on any atom is 0.310 e. The van der Waals surface area contributed by atoms with Crippen molar-refractivity contribution in [3.63, 3.8) is 0 Å². The van der Waals surface area contributed by atoms with E-state index in [1.807, 2.05) is 6.92 Å². The molecular formula is C22H38O4. The summed E-state index contributed by atoms with van der Waals surface area (Å²) in [6.07, 6.45) is 5.23. The molecule has 0 spiro atoms. The summed E-state index contributed by atoms with van der Waals surface area (Å²) < 4.78 is 0. The molecule has 0 aliphatic heterocycles. The number of hydrogen-bond acceptors (Lipinski definition) is 2. The van der Waals surface area contributed by atoms with E-state index in [9.17, 15) is 14.7 Å². The second-order valence-electron chi connectivity index (χ2n) is 9.67. The molecule has 2 rings (SSSR count). The highest BCUT2D eigenvalue weighted by atomic mass is 16.4. The van der Waals surface area contributed by atoms with E-state index in [2.05, 4.69) is 41.5 Å². The SMILES string of the molecule is CC1=C(C)CC(C(=O)O)CC1.CC1CCC(C(=O)O)(C(C)(C)C)CC1C. The van der Waals surface area contributed by atoms with Gasteiger partial charge in [-0.3, -0.25) is 9.59 Å². The fourth-order valence-electron chi connectivity index (χ4n) is 4.27. The van der Waals surface area contributed by atoms with Crippen LogP contribution in [0.4, 0.5) is 0 Å². The van der Waals surface area contributed by atoms with Gasteiger partial charge < -0.3 is 10.2 Å². The molecule has 2 N–H and O–H groups in total. The molecule has 1 fully saturated rings. The Morgan fingerprint density at radius 1 is 1.00 bits per heavy atom. The van der Waals surface area contributed by atoms with Crippen molar-refractivity contribution in [2.75, 3.05) is 0 Å². The van der Waals surface area contributed by atoms with Crippen molar-refractivity contribution < 1.29 is 19.8 Å². The Morgan fingerprint density at radius 2 is 1.58 bits per heavy atom. The molecule has 4 atom stereocenters. The fraction of sp³-hybridized carbons (Fsp3) is 0.818. The highest BCUT2D eigenvalue weighted by Crippen LogP contribution is 2.52. The molecule has 150 valence electrons. The predicted octanol–water partition coefficient (Wildman–Crippen LogP) is 5.77. The Bertz CT molecular complexity index is 555. The number of carboxylic acids is 2. The number of carbonyl (C=O) groups is 2. The summed E-state index contributed by atoms with van der Waals surface area (Å²) in [6.45, 7) is 14.7. The summed E-state index contributed by atoms with van der Waals surface area (Å²) in [6, 6.07) is 0. The molecule has 4 unspecified atom stereocenters. The van der Waals surface area contributed by atoms with E-state index < -0.39 is 17.4 Å². The third-order valence-electron chi connectivity index (χ3n) is 7.01. The van der Waals surface area contributed by atoms with E-state index in [4.69, 9.17) is 5.11 Å². The maximum atomic E-state index is 11.6. The van der Waals surface area contributed by atoms with Crippen molar-refractivity contribution in [3.8, 4) is 0 Å². The first-order valence-corrected chi connectivity index (χ1v) is 9.93. The van der Waals surface area contributed by atoms with Crippen molar-refractivity contribution in [1.29, 1.82) is 0 Å². The van der Waals surface area contributed by atoms with E-state index in [1.54, 1.807) is 0 Å². The zero-order chi connectivity index (χ0) is 20.3. The fourth-order valence-corrected chi connectivity index (χ4v) is 4.27. The molecule has 0 amide bonds. The number of carboxylic acid groups (broad SMARTS) is 2. The van der Waals surface area contributed by atoms with Crippen LogP contribution < -0.4 is 0 Å². The molecule has 4 nitrogen and oxygen atoms in total. The minimum atomic E-state index is -0.642. The van der Waals surface area contributed by atoms with E-state index >= 15 is 0 Å². The summed E-state index contributed by atoms with van der Waals surface area (Å²) in [5, 5.41) is 18.2. The van der Waals surface area contributed by atoms with Gasteiger partial charge in [-0.05, 0) is 69.6 Å². The van der Waals surface area contributed by atoms with Crippen molar-refractivity contribution in [3.05, 3.63) is 11.1 Å². The van der Waals surface area contributed by atoms with E-state index in [1.165, 1.54) is 11.1 Å². The van der Waals surface area contributed by atoms with Gasteiger partial charge in [0.1, 0.15) is 0 Å². The van der Waals surface area contributed by atoms with Crippen LogP contribution in [-0.4, -0.2) is 22.2 Å². The van der Waals surface area contributed by atoms with Crippen LogP contribution in [0.3, 0.4) is 0 Å². The molecule has 0 aromatic carbocycles. The standard InChI is InChI=1S/C13H24O2.C9H14O2/c1-9-6-7-13(11(14)15,8-10(9)2)12(3,4)5;1-6-3-4-8(9(10)11)5-7(6)2/h9-10H,6-8H2,1-5H3,(H,14,15);8H,3-5H2,1-2H3,(H,10,11). The molecule has 0 aromatic rings. The third kappa shape index (κ3) is 5.11. The van der Waals surface area contributed by atoms with Gasteiger partial charge in [0.05, 0.1) is 11.3 Å². The molecule has 2 aliphatic carbocycles. The first-order valence-electron chi connectivity index (χ1n) is 9.93. The van der Waals surface area contributed by atoms with E-state index in [-0.39, 0.29) is 11.3 Å². The van der Waals surface area contributed by atoms with Crippen LogP contribution in [0.25, 0.3) is 0 Å². The monoisotopic (exact) mass is 366 g/mol. The predicted molar refractivity (Wildman–Crippen MR) is 105 cm³/mol. The first-order chi connectivity index (χ1) is 11.8. The van der Waals surface area contributed by atoms with Crippen LogP contribution in [0.2, 0.25) is 0 Å². The molecule has 4 heteroatoms. The van der Waals surface area contributed by atoms with Crippen LogP contribution in [0.1, 0.15) is 87.0 Å². The topological polar surface area (TPSA) is 74.6 Å². The molecular weight excluding hydrogens is 328 g/mol. The Kier molecular flexibility index (Phi) is 7.50. The van der Waals surface area contributed by atoms with Gasteiger partial charge in [0.25, 0.3) is 0 Å². The molecule has 2 aliphatic rings. The largest absolute Gasteiger partial charge is 0.481 e. The lowest BCUT2D eigenvalue weighted by Crippen LogP contribution is -2.47. The smallest absolute Gasteiger partial charge is 0.310 e. The molecule has 0 aromatic heterocycles. The van der Waals surface area contributed by atoms with Gasteiger partial charge in [-0.2, -0.15) is 0 Å². The number of allylic oxidation sites excluding steroid dienone is 2. The molecule has 1 saturated carbocycles. The Hall–Kier alpha value is -1.32. The lowest BCUT2D eigenvalue weighted by molar-refractivity contribution is -0.162. The quantitative estimate of drug-likeness (QED) is 0.609.